The third-order valence-corrected chi connectivity index (χ3v) is 3.86. The van der Waals surface area contributed by atoms with Crippen LogP contribution in [0.2, 0.25) is 0 Å². The first-order valence-electron chi connectivity index (χ1n) is 8.06. The van der Waals surface area contributed by atoms with Gasteiger partial charge in [0.05, 0.1) is 18.7 Å². The third-order valence-electron chi connectivity index (χ3n) is 3.86. The molecule has 2 N–H and O–H groups in total. The van der Waals surface area contributed by atoms with Crippen molar-refractivity contribution in [2.24, 2.45) is 5.73 Å². The van der Waals surface area contributed by atoms with E-state index in [0.717, 1.165) is 12.1 Å². The van der Waals surface area contributed by atoms with Crippen LogP contribution in [0.1, 0.15) is 18.2 Å². The number of halogens is 4. The summed E-state index contributed by atoms with van der Waals surface area (Å²) in [6, 6.07) is 7.29. The highest BCUT2D eigenvalue weighted by molar-refractivity contribution is 5.85. The van der Waals surface area contributed by atoms with Gasteiger partial charge in [-0.1, -0.05) is 12.1 Å². The van der Waals surface area contributed by atoms with Crippen molar-refractivity contribution in [3.8, 4) is 11.3 Å². The summed E-state index contributed by atoms with van der Waals surface area (Å²) in [6.07, 6.45) is -4.38. The van der Waals surface area contributed by atoms with Gasteiger partial charge in [-0.2, -0.15) is 13.2 Å². The number of alkyl halides is 3. The van der Waals surface area contributed by atoms with Gasteiger partial charge in [-0.3, -0.25) is 4.79 Å². The maximum Gasteiger partial charge on any atom is 0.416 e. The fourth-order valence-electron chi connectivity index (χ4n) is 2.46. The number of benzene rings is 1. The minimum absolute atomic E-state index is 0. The van der Waals surface area contributed by atoms with Gasteiger partial charge in [-0.25, -0.2) is 0 Å². The molecule has 1 heterocycles. The van der Waals surface area contributed by atoms with E-state index in [1.807, 2.05) is 6.92 Å². The molecular formula is C18H22ClF3N2O3. The lowest BCUT2D eigenvalue weighted by Gasteiger charge is -2.23. The molecule has 0 bridgehead atoms. The van der Waals surface area contributed by atoms with Crippen LogP contribution in [0.5, 0.6) is 0 Å². The van der Waals surface area contributed by atoms with Crippen LogP contribution in [-0.4, -0.2) is 37.1 Å². The number of amides is 1. The van der Waals surface area contributed by atoms with E-state index >= 15 is 0 Å². The third kappa shape index (κ3) is 5.98. The van der Waals surface area contributed by atoms with E-state index in [1.165, 1.54) is 24.1 Å². The quantitative estimate of drug-likeness (QED) is 0.761. The molecule has 0 spiro atoms. The molecule has 150 valence electrons. The van der Waals surface area contributed by atoms with E-state index in [4.69, 9.17) is 14.9 Å². The van der Waals surface area contributed by atoms with E-state index in [-0.39, 0.29) is 31.5 Å². The summed E-state index contributed by atoms with van der Waals surface area (Å²) in [4.78, 5) is 13.8. The number of hydrogen-bond acceptors (Lipinski definition) is 4. The second-order valence-electron chi connectivity index (χ2n) is 5.76. The van der Waals surface area contributed by atoms with Crippen LogP contribution < -0.4 is 5.73 Å². The largest absolute Gasteiger partial charge is 0.459 e. The second kappa shape index (κ2) is 9.77. The number of furan rings is 1. The SMILES string of the molecule is CCN(Cc1ccc(-c2ccc(C(F)(F)F)cc2)o1)C(=O)C(N)COC.Cl. The first-order chi connectivity index (χ1) is 12.3. The Morgan fingerprint density at radius 2 is 1.85 bits per heavy atom. The standard InChI is InChI=1S/C18H21F3N2O3.ClH/c1-3-23(17(24)15(22)11-25-2)10-14-8-9-16(26-14)12-4-6-13(7-5-12)18(19,20)21;/h4-9,15H,3,10-11,22H2,1-2H3;1H. The molecule has 0 aliphatic carbocycles. The summed E-state index contributed by atoms with van der Waals surface area (Å²) in [7, 11) is 1.46. The van der Waals surface area contributed by atoms with Crippen LogP contribution in [0.4, 0.5) is 13.2 Å². The van der Waals surface area contributed by atoms with Gasteiger partial charge in [-0.05, 0) is 31.2 Å². The summed E-state index contributed by atoms with van der Waals surface area (Å²) < 4.78 is 48.4. The molecule has 2 aromatic rings. The average molecular weight is 407 g/mol. The maximum atomic E-state index is 12.6. The van der Waals surface area contributed by atoms with Gasteiger partial charge in [-0.15, -0.1) is 12.4 Å². The number of rotatable bonds is 7. The Morgan fingerprint density at radius 1 is 1.22 bits per heavy atom. The Labute approximate surface area is 161 Å². The van der Waals surface area contributed by atoms with Gasteiger partial charge >= 0.3 is 6.18 Å². The Hall–Kier alpha value is -2.03. The molecule has 1 aromatic heterocycles. The number of nitrogens with zero attached hydrogens (tertiary/aromatic N) is 1. The molecule has 1 aromatic carbocycles. The van der Waals surface area contributed by atoms with E-state index in [2.05, 4.69) is 0 Å². The zero-order valence-electron chi connectivity index (χ0n) is 15.0. The van der Waals surface area contributed by atoms with Gasteiger partial charge in [0.2, 0.25) is 5.91 Å². The summed E-state index contributed by atoms with van der Waals surface area (Å²) >= 11 is 0. The zero-order valence-corrected chi connectivity index (χ0v) is 15.8. The van der Waals surface area contributed by atoms with Crippen molar-refractivity contribution in [2.75, 3.05) is 20.3 Å². The first kappa shape index (κ1) is 23.0. The van der Waals surface area contributed by atoms with E-state index in [0.29, 0.717) is 23.6 Å². The molecule has 1 unspecified atom stereocenters. The monoisotopic (exact) mass is 406 g/mol. The molecule has 5 nitrogen and oxygen atoms in total. The van der Waals surface area contributed by atoms with Gasteiger partial charge in [0, 0.05) is 19.2 Å². The molecule has 0 radical (unpaired) electrons. The van der Waals surface area contributed by atoms with Crippen LogP contribution in [0, 0.1) is 0 Å². The number of carbonyl (C=O) groups is 1. The predicted molar refractivity (Wildman–Crippen MR) is 97.3 cm³/mol. The number of likely N-dealkylation sites (N-methyl/N-ethyl adjacent to an activating group) is 1. The summed E-state index contributed by atoms with van der Waals surface area (Å²) in [5.41, 5.74) is 5.57. The van der Waals surface area contributed by atoms with E-state index in [9.17, 15) is 18.0 Å². The highest BCUT2D eigenvalue weighted by atomic mass is 35.5. The smallest absolute Gasteiger partial charge is 0.416 e. The van der Waals surface area contributed by atoms with Crippen molar-refractivity contribution < 1.29 is 27.1 Å². The molecule has 27 heavy (non-hydrogen) atoms. The Kier molecular flexibility index (Phi) is 8.33. The van der Waals surface area contributed by atoms with Crippen molar-refractivity contribution in [3.05, 3.63) is 47.7 Å². The van der Waals surface area contributed by atoms with Crippen LogP contribution in [0.25, 0.3) is 11.3 Å². The van der Waals surface area contributed by atoms with Gasteiger partial charge in [0.15, 0.2) is 0 Å². The van der Waals surface area contributed by atoms with Gasteiger partial charge in [0.25, 0.3) is 0 Å². The van der Waals surface area contributed by atoms with E-state index < -0.39 is 17.8 Å². The molecule has 1 atom stereocenters. The van der Waals surface area contributed by atoms with Crippen molar-refractivity contribution in [2.45, 2.75) is 25.7 Å². The minimum atomic E-state index is -4.38. The highest BCUT2D eigenvalue weighted by Gasteiger charge is 2.30. The average Bonchev–Trinajstić information content (AvgIpc) is 3.07. The second-order valence-corrected chi connectivity index (χ2v) is 5.76. The lowest BCUT2D eigenvalue weighted by molar-refractivity contribution is -0.137. The fraction of sp³-hybridized carbons (Fsp3) is 0.389. The molecular weight excluding hydrogens is 385 g/mol. The predicted octanol–water partition coefficient (Wildman–Crippen LogP) is 3.71. The van der Waals surface area contributed by atoms with Crippen molar-refractivity contribution >= 4 is 18.3 Å². The molecule has 9 heteroatoms. The number of methoxy groups -OCH3 is 1. The number of carbonyl (C=O) groups excluding carboxylic acids is 1. The van der Waals surface area contributed by atoms with Crippen molar-refractivity contribution in [1.82, 2.24) is 4.90 Å². The number of nitrogens with two attached hydrogens (primary N) is 1. The zero-order chi connectivity index (χ0) is 19.3. The summed E-state index contributed by atoms with van der Waals surface area (Å²) in [6.45, 7) is 2.58. The van der Waals surface area contributed by atoms with E-state index in [1.54, 1.807) is 12.1 Å². The first-order valence-corrected chi connectivity index (χ1v) is 8.06. The van der Waals surface area contributed by atoms with Gasteiger partial charge in [0.1, 0.15) is 17.6 Å². The van der Waals surface area contributed by atoms with Crippen molar-refractivity contribution in [3.63, 3.8) is 0 Å². The Morgan fingerprint density at radius 3 is 2.37 bits per heavy atom. The summed E-state index contributed by atoms with van der Waals surface area (Å²) in [5.74, 6) is 0.681. The lowest BCUT2D eigenvalue weighted by atomic mass is 10.1. The highest BCUT2D eigenvalue weighted by Crippen LogP contribution is 2.31. The van der Waals surface area contributed by atoms with Crippen molar-refractivity contribution in [1.29, 1.82) is 0 Å². The lowest BCUT2D eigenvalue weighted by Crippen LogP contribution is -2.45. The van der Waals surface area contributed by atoms with Crippen LogP contribution in [-0.2, 0) is 22.3 Å². The molecule has 2 rings (SSSR count). The molecule has 0 aliphatic rings. The Bertz CT molecular complexity index is 732. The molecule has 0 fully saturated rings. The van der Waals surface area contributed by atoms with Gasteiger partial charge < -0.3 is 19.8 Å². The molecule has 1 amide bonds. The molecule has 0 saturated heterocycles. The number of hydrogen-bond donors (Lipinski definition) is 1. The topological polar surface area (TPSA) is 68.7 Å². The normalized spacial score (nSPS) is 12.4. The number of ether oxygens (including phenoxy) is 1. The minimum Gasteiger partial charge on any atom is -0.459 e. The molecule has 0 saturated carbocycles. The van der Waals surface area contributed by atoms with Crippen LogP contribution >= 0.6 is 12.4 Å². The maximum absolute atomic E-state index is 12.6. The van der Waals surface area contributed by atoms with Crippen LogP contribution in [0.3, 0.4) is 0 Å². The van der Waals surface area contributed by atoms with Crippen LogP contribution in [0.15, 0.2) is 40.8 Å². The Balaban J connectivity index is 0.00000364. The fourth-order valence-corrected chi connectivity index (χ4v) is 2.46. The summed E-state index contributed by atoms with van der Waals surface area (Å²) in [5, 5.41) is 0. The molecule has 0 aliphatic heterocycles.